The number of furan rings is 1. The zero-order chi connectivity index (χ0) is 17.6. The van der Waals surface area contributed by atoms with Crippen molar-refractivity contribution in [1.29, 1.82) is 0 Å². The maximum Gasteiger partial charge on any atom is 0.289 e. The minimum Gasteiger partial charge on any atom is -0.459 e. The number of likely N-dealkylation sites (N-methyl/N-ethyl adjacent to an activating group) is 1. The zero-order valence-electron chi connectivity index (χ0n) is 15.2. The van der Waals surface area contributed by atoms with Crippen molar-refractivity contribution >= 4 is 5.91 Å². The van der Waals surface area contributed by atoms with Crippen LogP contribution in [0.25, 0.3) is 0 Å². The Morgan fingerprint density at radius 3 is 2.48 bits per heavy atom. The highest BCUT2D eigenvalue weighted by atomic mass is 16.3. The summed E-state index contributed by atoms with van der Waals surface area (Å²) in [6, 6.07) is 2.08. The first-order chi connectivity index (χ1) is 12.0. The standard InChI is InChI=1S/C19H29N3O3/c1-13-3-8-25-18(13)19(24)22-11-14-9-16(17(23)10-15(14)12-22)21-6-4-20(2)5-7-21/h3,8,14-17,23H,4-7,9-12H2,1-2H3/t14-,15+,16-,17-/m1/s1. The topological polar surface area (TPSA) is 60.2 Å². The molecule has 1 saturated carbocycles. The second-order valence-electron chi connectivity index (χ2n) is 8.11. The lowest BCUT2D eigenvalue weighted by atomic mass is 9.77. The number of aryl methyl sites for hydroxylation is 1. The summed E-state index contributed by atoms with van der Waals surface area (Å²) in [4.78, 5) is 19.5. The normalized spacial score (nSPS) is 34.3. The number of hydrogen-bond acceptors (Lipinski definition) is 5. The number of carbonyl (C=O) groups is 1. The second kappa shape index (κ2) is 6.74. The smallest absolute Gasteiger partial charge is 0.289 e. The van der Waals surface area contributed by atoms with E-state index in [1.54, 1.807) is 6.26 Å². The van der Waals surface area contributed by atoms with E-state index in [1.807, 2.05) is 17.9 Å². The van der Waals surface area contributed by atoms with Gasteiger partial charge in [0.15, 0.2) is 5.76 Å². The van der Waals surface area contributed by atoms with Gasteiger partial charge >= 0.3 is 0 Å². The van der Waals surface area contributed by atoms with E-state index in [0.717, 1.165) is 57.7 Å². The summed E-state index contributed by atoms with van der Waals surface area (Å²) >= 11 is 0. The fourth-order valence-electron chi connectivity index (χ4n) is 4.85. The number of piperazine rings is 1. The molecule has 1 aliphatic carbocycles. The highest BCUT2D eigenvalue weighted by Crippen LogP contribution is 2.39. The van der Waals surface area contributed by atoms with Gasteiger partial charge in [0.2, 0.25) is 0 Å². The summed E-state index contributed by atoms with van der Waals surface area (Å²) in [7, 11) is 2.15. The summed E-state index contributed by atoms with van der Waals surface area (Å²) < 4.78 is 5.39. The van der Waals surface area contributed by atoms with E-state index >= 15 is 0 Å². The van der Waals surface area contributed by atoms with Crippen molar-refractivity contribution in [3.63, 3.8) is 0 Å². The SMILES string of the molecule is Cc1ccoc1C(=O)N1C[C@H]2C[C@@H](N3CCN(C)CC3)[C@H](O)C[C@H]2C1. The highest BCUT2D eigenvalue weighted by molar-refractivity contribution is 5.93. The van der Waals surface area contributed by atoms with E-state index < -0.39 is 0 Å². The number of fused-ring (bicyclic) bond motifs is 1. The van der Waals surface area contributed by atoms with E-state index in [1.165, 1.54) is 0 Å². The Hall–Kier alpha value is -1.37. The Morgan fingerprint density at radius 1 is 1.16 bits per heavy atom. The van der Waals surface area contributed by atoms with Crippen LogP contribution in [0.1, 0.15) is 29.0 Å². The zero-order valence-corrected chi connectivity index (χ0v) is 15.2. The van der Waals surface area contributed by atoms with E-state index in [-0.39, 0.29) is 18.1 Å². The average Bonchev–Trinajstić information content (AvgIpc) is 3.20. The lowest BCUT2D eigenvalue weighted by Gasteiger charge is -2.44. The molecule has 1 N–H and O–H groups in total. The molecule has 2 aliphatic heterocycles. The van der Waals surface area contributed by atoms with Crippen molar-refractivity contribution in [3.8, 4) is 0 Å². The number of likely N-dealkylation sites (tertiary alicyclic amines) is 1. The van der Waals surface area contributed by atoms with E-state index in [0.29, 0.717) is 17.6 Å². The van der Waals surface area contributed by atoms with Gasteiger partial charge in [0.1, 0.15) is 0 Å². The summed E-state index contributed by atoms with van der Waals surface area (Å²) in [5, 5.41) is 10.7. The molecule has 4 rings (SSSR count). The lowest BCUT2D eigenvalue weighted by molar-refractivity contribution is -0.0249. The molecular weight excluding hydrogens is 318 g/mol. The van der Waals surface area contributed by atoms with Crippen molar-refractivity contribution in [2.45, 2.75) is 31.9 Å². The third kappa shape index (κ3) is 3.23. The van der Waals surface area contributed by atoms with E-state index in [4.69, 9.17) is 4.42 Å². The molecule has 4 atom stereocenters. The molecule has 138 valence electrons. The predicted octanol–water partition coefficient (Wildman–Crippen LogP) is 1.05. The average molecular weight is 347 g/mol. The Morgan fingerprint density at radius 2 is 1.84 bits per heavy atom. The molecule has 0 unspecified atom stereocenters. The molecule has 6 nitrogen and oxygen atoms in total. The van der Waals surface area contributed by atoms with Gasteiger partial charge < -0.3 is 19.3 Å². The molecule has 3 aliphatic rings. The van der Waals surface area contributed by atoms with E-state index in [9.17, 15) is 9.90 Å². The summed E-state index contributed by atoms with van der Waals surface area (Å²) in [5.74, 6) is 1.38. The number of amides is 1. The van der Waals surface area contributed by atoms with Crippen LogP contribution in [-0.2, 0) is 0 Å². The second-order valence-corrected chi connectivity index (χ2v) is 8.11. The van der Waals surface area contributed by atoms with E-state index in [2.05, 4.69) is 16.8 Å². The molecule has 1 aromatic rings. The van der Waals surface area contributed by atoms with Crippen molar-refractivity contribution in [2.75, 3.05) is 46.3 Å². The summed E-state index contributed by atoms with van der Waals surface area (Å²) in [5.41, 5.74) is 0.898. The van der Waals surface area contributed by atoms with Crippen LogP contribution in [-0.4, -0.2) is 84.2 Å². The van der Waals surface area contributed by atoms with Crippen LogP contribution >= 0.6 is 0 Å². The third-order valence-corrected chi connectivity index (χ3v) is 6.46. The number of aliphatic hydroxyl groups excluding tert-OH is 1. The van der Waals surface area contributed by atoms with Crippen LogP contribution in [0, 0.1) is 18.8 Å². The molecule has 0 spiro atoms. The highest BCUT2D eigenvalue weighted by Gasteiger charge is 2.45. The number of rotatable bonds is 2. The molecule has 6 heteroatoms. The van der Waals surface area contributed by atoms with Gasteiger partial charge in [-0.25, -0.2) is 0 Å². The Bertz CT molecular complexity index is 623. The predicted molar refractivity (Wildman–Crippen MR) is 94.4 cm³/mol. The van der Waals surface area contributed by atoms with Gasteiger partial charge in [0.25, 0.3) is 5.91 Å². The number of hydrogen-bond donors (Lipinski definition) is 1. The first kappa shape index (κ1) is 17.1. The fourth-order valence-corrected chi connectivity index (χ4v) is 4.85. The van der Waals surface area contributed by atoms with Gasteiger partial charge in [-0.3, -0.25) is 9.69 Å². The first-order valence-electron chi connectivity index (χ1n) is 9.47. The minimum absolute atomic E-state index is 0.00235. The monoisotopic (exact) mass is 347 g/mol. The van der Waals surface area contributed by atoms with Crippen molar-refractivity contribution in [2.24, 2.45) is 11.8 Å². The molecule has 2 saturated heterocycles. The Labute approximate surface area is 149 Å². The van der Waals surface area contributed by atoms with Gasteiger partial charge in [-0.05, 0) is 44.7 Å². The van der Waals surface area contributed by atoms with Crippen LogP contribution in [0.15, 0.2) is 16.7 Å². The summed E-state index contributed by atoms with van der Waals surface area (Å²) in [6.45, 7) is 7.65. The Kier molecular flexibility index (Phi) is 4.60. The molecule has 3 fully saturated rings. The molecule has 3 heterocycles. The summed E-state index contributed by atoms with van der Waals surface area (Å²) in [6.07, 6.45) is 3.11. The first-order valence-corrected chi connectivity index (χ1v) is 9.47. The molecule has 1 amide bonds. The van der Waals surface area contributed by atoms with Crippen LogP contribution in [0.4, 0.5) is 0 Å². The molecule has 25 heavy (non-hydrogen) atoms. The number of nitrogens with zero attached hydrogens (tertiary/aromatic N) is 3. The minimum atomic E-state index is -0.273. The number of aliphatic hydroxyl groups is 1. The third-order valence-electron chi connectivity index (χ3n) is 6.46. The van der Waals surface area contributed by atoms with Crippen LogP contribution in [0.3, 0.4) is 0 Å². The fraction of sp³-hybridized carbons (Fsp3) is 0.737. The Balaban J connectivity index is 1.41. The van der Waals surface area contributed by atoms with Crippen LogP contribution in [0.2, 0.25) is 0 Å². The van der Waals surface area contributed by atoms with Gasteiger partial charge in [0.05, 0.1) is 12.4 Å². The molecule has 0 bridgehead atoms. The lowest BCUT2D eigenvalue weighted by Crippen LogP contribution is -2.55. The molecule has 0 aromatic carbocycles. The molecule has 1 aromatic heterocycles. The van der Waals surface area contributed by atoms with Crippen LogP contribution < -0.4 is 0 Å². The van der Waals surface area contributed by atoms with Crippen molar-refractivity contribution in [1.82, 2.24) is 14.7 Å². The van der Waals surface area contributed by atoms with Crippen LogP contribution in [0.5, 0.6) is 0 Å². The molecule has 0 radical (unpaired) electrons. The number of carbonyl (C=O) groups excluding carboxylic acids is 1. The maximum atomic E-state index is 12.7. The van der Waals surface area contributed by atoms with Gasteiger partial charge in [-0.15, -0.1) is 0 Å². The molecular formula is C19H29N3O3. The van der Waals surface area contributed by atoms with Gasteiger partial charge in [-0.1, -0.05) is 0 Å². The van der Waals surface area contributed by atoms with Crippen molar-refractivity contribution in [3.05, 3.63) is 23.7 Å². The largest absolute Gasteiger partial charge is 0.459 e. The quantitative estimate of drug-likeness (QED) is 0.866. The van der Waals surface area contributed by atoms with Gasteiger partial charge in [-0.2, -0.15) is 0 Å². The maximum absolute atomic E-state index is 12.7. The van der Waals surface area contributed by atoms with Gasteiger partial charge in [0, 0.05) is 50.9 Å². The van der Waals surface area contributed by atoms with Crippen molar-refractivity contribution < 1.29 is 14.3 Å².